The van der Waals surface area contributed by atoms with Crippen LogP contribution in [0.5, 0.6) is 0 Å². The number of hydrogen-bond donors (Lipinski definition) is 0. The van der Waals surface area contributed by atoms with Crippen molar-refractivity contribution in [3.63, 3.8) is 0 Å². The molecule has 5 heteroatoms. The molecule has 13 rings (SSSR count). The summed E-state index contributed by atoms with van der Waals surface area (Å²) in [6.07, 6.45) is 1.84. The molecule has 0 bridgehead atoms. The van der Waals surface area contributed by atoms with Crippen LogP contribution in [0.1, 0.15) is 0 Å². The highest BCUT2D eigenvalue weighted by Gasteiger charge is 2.17. The molecule has 0 radical (unpaired) electrons. The maximum absolute atomic E-state index is 5.15. The molecule has 5 nitrogen and oxygen atoms in total. The number of hydrogen-bond acceptors (Lipinski definition) is 5. The first-order chi connectivity index (χ1) is 36.7. The van der Waals surface area contributed by atoms with Crippen LogP contribution in [0.25, 0.3) is 123 Å². The summed E-state index contributed by atoms with van der Waals surface area (Å²) < 4.78 is 0. The fourth-order valence-electron chi connectivity index (χ4n) is 9.53. The van der Waals surface area contributed by atoms with Crippen LogP contribution in [0.15, 0.2) is 285 Å². The van der Waals surface area contributed by atoms with Gasteiger partial charge in [0.2, 0.25) is 0 Å². The molecule has 0 unspecified atom stereocenters. The van der Waals surface area contributed by atoms with Crippen LogP contribution in [0, 0.1) is 0 Å². The monoisotopic (exact) mass is 945 g/mol. The molecular formula is C69H47N5. The molecule has 10 aromatic carbocycles. The van der Waals surface area contributed by atoms with Crippen molar-refractivity contribution in [2.24, 2.45) is 0 Å². The van der Waals surface area contributed by atoms with Crippen molar-refractivity contribution < 1.29 is 0 Å². The molecule has 0 saturated heterocycles. The smallest absolute Gasteiger partial charge is 0.160 e. The van der Waals surface area contributed by atoms with E-state index >= 15 is 0 Å². The fraction of sp³-hybridized carbons (Fsp3) is 0. The van der Waals surface area contributed by atoms with Gasteiger partial charge in [-0.05, 0) is 98.4 Å². The van der Waals surface area contributed by atoms with Crippen molar-refractivity contribution in [1.82, 2.24) is 24.9 Å². The topological polar surface area (TPSA) is 64.5 Å². The van der Waals surface area contributed by atoms with Crippen LogP contribution >= 0.6 is 0 Å². The minimum Gasteiger partial charge on any atom is -0.256 e. The largest absolute Gasteiger partial charge is 0.256 e. The molecule has 3 aromatic heterocycles. The van der Waals surface area contributed by atoms with Gasteiger partial charge < -0.3 is 0 Å². The third-order valence-corrected chi connectivity index (χ3v) is 13.2. The van der Waals surface area contributed by atoms with Gasteiger partial charge >= 0.3 is 0 Å². The molecule has 0 atom stereocenters. The molecule has 13 aromatic rings. The first-order valence-electron chi connectivity index (χ1n) is 24.8. The van der Waals surface area contributed by atoms with Gasteiger partial charge in [0.25, 0.3) is 0 Å². The van der Waals surface area contributed by atoms with Crippen molar-refractivity contribution in [2.75, 3.05) is 0 Å². The van der Waals surface area contributed by atoms with E-state index in [9.17, 15) is 0 Å². The predicted molar refractivity (Wildman–Crippen MR) is 306 cm³/mol. The molecule has 0 aliphatic heterocycles. The normalized spacial score (nSPS) is 11.0. The average Bonchev–Trinajstić information content (AvgIpc) is 3.51. The van der Waals surface area contributed by atoms with Crippen LogP contribution in [0.3, 0.4) is 0 Å². The minimum absolute atomic E-state index is 0.675. The van der Waals surface area contributed by atoms with Crippen LogP contribution in [-0.4, -0.2) is 24.9 Å². The summed E-state index contributed by atoms with van der Waals surface area (Å²) >= 11 is 0. The van der Waals surface area contributed by atoms with Crippen molar-refractivity contribution in [3.8, 4) is 101 Å². The van der Waals surface area contributed by atoms with E-state index in [0.29, 0.717) is 5.82 Å². The summed E-state index contributed by atoms with van der Waals surface area (Å²) in [5, 5.41) is 4.90. The van der Waals surface area contributed by atoms with E-state index in [4.69, 9.17) is 24.9 Å². The number of rotatable bonds is 9. The quantitative estimate of drug-likeness (QED) is 0.135. The van der Waals surface area contributed by atoms with Crippen molar-refractivity contribution in [3.05, 3.63) is 285 Å². The standard InChI is InChI=1S/C41H27N3.C28H20N2/c1-3-13-28(14-4-1)39-27-40(29-15-5-2-6-16-29)44-41(43-39)33-24-31(23-32(25-33)38-21-11-12-22-42-38)37-26-30-17-7-8-18-34(30)35-19-9-10-20-36(35)37;1-4-11-21(12-5-1)24-17-10-18-25(19-24)28-29-26(22-13-6-2-7-14-22)20-27(30-28)23-15-8-3-9-16-23/h1-27H;1-20H. The predicted octanol–water partition coefficient (Wildman–Crippen LogP) is 17.7. The van der Waals surface area contributed by atoms with Gasteiger partial charge in [-0.2, -0.15) is 0 Å². The van der Waals surface area contributed by atoms with E-state index in [2.05, 4.69) is 188 Å². The SMILES string of the molecule is c1ccc(-c2cc(-c3ccccc3)nc(-c3cc(-c4ccccn4)cc(-c4cc5ccccc5c5ccccc45)c3)n2)cc1.c1ccc(-c2cccc(-c3nc(-c4ccccc4)cc(-c4ccccc4)n3)c2)cc1. The number of fused-ring (bicyclic) bond motifs is 3. The second-order valence-electron chi connectivity index (χ2n) is 18.0. The van der Waals surface area contributed by atoms with E-state index in [1.807, 2.05) is 97.2 Å². The van der Waals surface area contributed by atoms with Gasteiger partial charge in [0, 0.05) is 45.1 Å². The highest BCUT2D eigenvalue weighted by atomic mass is 14.9. The summed E-state index contributed by atoms with van der Waals surface area (Å²) in [5.41, 5.74) is 16.3. The van der Waals surface area contributed by atoms with E-state index < -0.39 is 0 Å². The average molecular weight is 946 g/mol. The van der Waals surface area contributed by atoms with Gasteiger partial charge in [-0.3, -0.25) is 4.98 Å². The Hall–Kier alpha value is -9.97. The Morgan fingerprint density at radius 1 is 0.203 bits per heavy atom. The fourth-order valence-corrected chi connectivity index (χ4v) is 9.53. The van der Waals surface area contributed by atoms with E-state index in [-0.39, 0.29) is 0 Å². The molecule has 0 spiro atoms. The molecule has 0 aliphatic rings. The second-order valence-corrected chi connectivity index (χ2v) is 18.0. The van der Waals surface area contributed by atoms with Crippen LogP contribution in [0.4, 0.5) is 0 Å². The molecule has 348 valence electrons. The summed E-state index contributed by atoms with van der Waals surface area (Å²) in [6.45, 7) is 0. The third-order valence-electron chi connectivity index (χ3n) is 13.2. The maximum Gasteiger partial charge on any atom is 0.160 e. The van der Waals surface area contributed by atoms with E-state index in [1.165, 1.54) is 32.7 Å². The Labute approximate surface area is 430 Å². The highest BCUT2D eigenvalue weighted by molar-refractivity contribution is 6.14. The first kappa shape index (κ1) is 45.2. The lowest BCUT2D eigenvalue weighted by Gasteiger charge is -2.15. The van der Waals surface area contributed by atoms with Gasteiger partial charge in [0.15, 0.2) is 11.6 Å². The molecule has 0 saturated carbocycles. The van der Waals surface area contributed by atoms with E-state index in [0.717, 1.165) is 84.4 Å². The van der Waals surface area contributed by atoms with Crippen molar-refractivity contribution >= 4 is 21.5 Å². The molecule has 0 aliphatic carbocycles. The summed E-state index contributed by atoms with van der Waals surface area (Å²) in [7, 11) is 0. The molecule has 74 heavy (non-hydrogen) atoms. The number of aromatic nitrogens is 5. The Balaban J connectivity index is 0.000000162. The number of benzene rings is 10. The first-order valence-corrected chi connectivity index (χ1v) is 24.8. The molecule has 0 N–H and O–H groups in total. The Morgan fingerprint density at radius 2 is 0.595 bits per heavy atom. The van der Waals surface area contributed by atoms with Crippen LogP contribution in [-0.2, 0) is 0 Å². The molecule has 3 heterocycles. The van der Waals surface area contributed by atoms with Gasteiger partial charge in [-0.25, -0.2) is 19.9 Å². The van der Waals surface area contributed by atoms with Crippen molar-refractivity contribution in [1.29, 1.82) is 0 Å². The maximum atomic E-state index is 5.15. The third kappa shape index (κ3) is 9.74. The van der Waals surface area contributed by atoms with Gasteiger partial charge in [-0.15, -0.1) is 0 Å². The Morgan fingerprint density at radius 3 is 1.12 bits per heavy atom. The van der Waals surface area contributed by atoms with Crippen LogP contribution in [0.2, 0.25) is 0 Å². The number of pyridine rings is 1. The zero-order valence-electron chi connectivity index (χ0n) is 40.4. The molecule has 0 fully saturated rings. The van der Waals surface area contributed by atoms with Crippen molar-refractivity contribution in [2.45, 2.75) is 0 Å². The lowest BCUT2D eigenvalue weighted by atomic mass is 9.91. The molecular weight excluding hydrogens is 899 g/mol. The van der Waals surface area contributed by atoms with Crippen LogP contribution < -0.4 is 0 Å². The van der Waals surface area contributed by atoms with Gasteiger partial charge in [0.05, 0.1) is 28.5 Å². The zero-order chi connectivity index (χ0) is 49.5. The zero-order valence-corrected chi connectivity index (χ0v) is 40.4. The van der Waals surface area contributed by atoms with Gasteiger partial charge in [-0.1, -0.05) is 224 Å². The lowest BCUT2D eigenvalue weighted by molar-refractivity contribution is 1.18. The summed E-state index contributed by atoms with van der Waals surface area (Å²) in [5.74, 6) is 1.40. The molecule has 0 amide bonds. The summed E-state index contributed by atoms with van der Waals surface area (Å²) in [6, 6.07) is 96.3. The van der Waals surface area contributed by atoms with E-state index in [1.54, 1.807) is 0 Å². The lowest BCUT2D eigenvalue weighted by Crippen LogP contribution is -1.97. The number of nitrogens with zero attached hydrogens (tertiary/aromatic N) is 5. The van der Waals surface area contributed by atoms with Gasteiger partial charge in [0.1, 0.15) is 0 Å². The highest BCUT2D eigenvalue weighted by Crippen LogP contribution is 2.39. The minimum atomic E-state index is 0.675. The second kappa shape index (κ2) is 20.8. The Bertz CT molecular complexity index is 3920. The Kier molecular flexibility index (Phi) is 12.7. The summed E-state index contributed by atoms with van der Waals surface area (Å²) in [4.78, 5) is 24.9.